The Hall–Kier alpha value is -4.26. The van der Waals surface area contributed by atoms with Crippen LogP contribution in [-0.4, -0.2) is 35.1 Å². The Morgan fingerprint density at radius 3 is 2.35 bits per heavy atom. The summed E-state index contributed by atoms with van der Waals surface area (Å²) in [5, 5.41) is 21.5. The van der Waals surface area contributed by atoms with Crippen LogP contribution in [0.4, 0.5) is 5.69 Å². The molecule has 1 aliphatic rings. The van der Waals surface area contributed by atoms with Gasteiger partial charge in [-0.2, -0.15) is 0 Å². The minimum atomic E-state index is -0.943. The highest BCUT2D eigenvalue weighted by Gasteiger charge is 2.47. The molecule has 0 saturated carbocycles. The fraction of sp³-hybridized carbons (Fsp3) is 0.267. The van der Waals surface area contributed by atoms with Crippen molar-refractivity contribution in [2.24, 2.45) is 5.92 Å². The molecule has 1 amide bonds. The first-order valence-electron chi connectivity index (χ1n) is 12.3. The maximum absolute atomic E-state index is 13.4. The number of carbonyl (C=O) groups excluding carboxylic acids is 2. The normalized spacial score (nSPS) is 16.9. The fourth-order valence-corrected chi connectivity index (χ4v) is 4.34. The lowest BCUT2D eigenvalue weighted by atomic mass is 9.94. The Morgan fingerprint density at radius 2 is 1.73 bits per heavy atom. The Morgan fingerprint density at radius 1 is 1.00 bits per heavy atom. The molecule has 1 aliphatic heterocycles. The zero-order chi connectivity index (χ0) is 26.7. The van der Waals surface area contributed by atoms with E-state index in [2.05, 4.69) is 13.8 Å². The van der Waals surface area contributed by atoms with Crippen molar-refractivity contribution in [2.75, 3.05) is 18.1 Å². The average molecular weight is 502 g/mol. The van der Waals surface area contributed by atoms with Crippen molar-refractivity contribution in [3.63, 3.8) is 0 Å². The maximum Gasteiger partial charge on any atom is 0.300 e. The van der Waals surface area contributed by atoms with Crippen LogP contribution >= 0.6 is 0 Å². The van der Waals surface area contributed by atoms with Gasteiger partial charge in [0.2, 0.25) is 0 Å². The molecule has 0 spiro atoms. The van der Waals surface area contributed by atoms with E-state index in [1.165, 1.54) is 17.0 Å². The first-order chi connectivity index (χ1) is 17.7. The van der Waals surface area contributed by atoms with Gasteiger partial charge in [-0.3, -0.25) is 14.5 Å². The molecule has 3 aromatic carbocycles. The first-order valence-corrected chi connectivity index (χ1v) is 12.3. The number of ether oxygens (including phenoxy) is 2. The Balaban J connectivity index is 1.82. The van der Waals surface area contributed by atoms with Gasteiger partial charge in [-0.25, -0.2) is 0 Å². The van der Waals surface area contributed by atoms with Crippen LogP contribution in [0, 0.1) is 12.8 Å². The number of hydrogen-bond donors (Lipinski definition) is 2. The summed E-state index contributed by atoms with van der Waals surface area (Å²) in [4.78, 5) is 28.0. The zero-order valence-electron chi connectivity index (χ0n) is 21.4. The third-order valence-corrected chi connectivity index (χ3v) is 6.08. The summed E-state index contributed by atoms with van der Waals surface area (Å²) in [6, 6.07) is 17.4. The van der Waals surface area contributed by atoms with Crippen molar-refractivity contribution in [1.82, 2.24) is 0 Å². The smallest absolute Gasteiger partial charge is 0.300 e. The molecule has 4 rings (SSSR count). The number of rotatable bonds is 8. The highest BCUT2D eigenvalue weighted by Crippen LogP contribution is 2.43. The van der Waals surface area contributed by atoms with E-state index in [1.54, 1.807) is 54.6 Å². The van der Waals surface area contributed by atoms with Crippen LogP contribution in [0.1, 0.15) is 43.5 Å². The predicted octanol–water partition coefficient (Wildman–Crippen LogP) is 5.76. The molecule has 1 heterocycles. The summed E-state index contributed by atoms with van der Waals surface area (Å²) in [6.45, 7) is 8.87. The van der Waals surface area contributed by atoms with Crippen molar-refractivity contribution in [3.05, 3.63) is 89.0 Å². The van der Waals surface area contributed by atoms with Crippen LogP contribution in [-0.2, 0) is 9.59 Å². The lowest BCUT2D eigenvalue weighted by molar-refractivity contribution is -0.132. The van der Waals surface area contributed by atoms with Crippen LogP contribution in [0.2, 0.25) is 0 Å². The van der Waals surface area contributed by atoms with Crippen LogP contribution in [0.25, 0.3) is 5.76 Å². The van der Waals surface area contributed by atoms with Gasteiger partial charge in [-0.1, -0.05) is 26.0 Å². The van der Waals surface area contributed by atoms with Gasteiger partial charge in [0.15, 0.2) is 0 Å². The van der Waals surface area contributed by atoms with Crippen molar-refractivity contribution in [3.8, 4) is 17.2 Å². The lowest BCUT2D eigenvalue weighted by Crippen LogP contribution is -2.29. The van der Waals surface area contributed by atoms with E-state index in [0.717, 1.165) is 5.56 Å². The highest BCUT2D eigenvalue weighted by atomic mass is 16.5. The maximum atomic E-state index is 13.4. The van der Waals surface area contributed by atoms with E-state index in [1.807, 2.05) is 13.8 Å². The molecule has 37 heavy (non-hydrogen) atoms. The Kier molecular flexibility index (Phi) is 7.53. The predicted molar refractivity (Wildman–Crippen MR) is 142 cm³/mol. The number of anilines is 1. The van der Waals surface area contributed by atoms with E-state index in [-0.39, 0.29) is 17.1 Å². The van der Waals surface area contributed by atoms with Crippen molar-refractivity contribution < 1.29 is 29.3 Å². The highest BCUT2D eigenvalue weighted by molar-refractivity contribution is 6.51. The lowest BCUT2D eigenvalue weighted by Gasteiger charge is -2.26. The van der Waals surface area contributed by atoms with Crippen LogP contribution < -0.4 is 14.4 Å². The number of aromatic hydroxyl groups is 1. The van der Waals surface area contributed by atoms with E-state index in [4.69, 9.17) is 9.47 Å². The number of phenols is 1. The molecule has 0 radical (unpaired) electrons. The second kappa shape index (κ2) is 10.8. The third-order valence-electron chi connectivity index (χ3n) is 6.08. The van der Waals surface area contributed by atoms with Gasteiger partial charge in [-0.15, -0.1) is 0 Å². The molecule has 1 saturated heterocycles. The Bertz CT molecular complexity index is 1340. The summed E-state index contributed by atoms with van der Waals surface area (Å²) in [5.74, 6) is -0.216. The van der Waals surface area contributed by atoms with Crippen LogP contribution in [0.5, 0.6) is 17.2 Å². The number of ketones is 1. The quantitative estimate of drug-likeness (QED) is 0.231. The average Bonchev–Trinajstić information content (AvgIpc) is 3.14. The van der Waals surface area contributed by atoms with E-state index >= 15 is 0 Å². The molecule has 0 bridgehead atoms. The SMILES string of the molecule is CCOc1ccc(/C(O)=C2/C(=O)C(=O)N(c3ccc(OCC(C)C)cc3)C2c2cccc(O)c2)cc1C. The summed E-state index contributed by atoms with van der Waals surface area (Å²) >= 11 is 0. The zero-order valence-corrected chi connectivity index (χ0v) is 21.4. The van der Waals surface area contributed by atoms with E-state index < -0.39 is 17.7 Å². The Labute approximate surface area is 216 Å². The van der Waals surface area contributed by atoms with Gasteiger partial charge in [0.1, 0.15) is 23.0 Å². The number of phenolic OH excluding ortho intramolecular Hbond substituents is 1. The molecular weight excluding hydrogens is 470 g/mol. The minimum Gasteiger partial charge on any atom is -0.508 e. The number of nitrogens with zero attached hydrogens (tertiary/aromatic N) is 1. The summed E-state index contributed by atoms with van der Waals surface area (Å²) in [6.07, 6.45) is 0. The van der Waals surface area contributed by atoms with E-state index in [9.17, 15) is 19.8 Å². The number of aliphatic hydroxyl groups excluding tert-OH is 1. The molecule has 1 atom stereocenters. The minimum absolute atomic E-state index is 0.0163. The van der Waals surface area contributed by atoms with Gasteiger partial charge in [0.25, 0.3) is 11.7 Å². The second-order valence-corrected chi connectivity index (χ2v) is 9.38. The summed E-state index contributed by atoms with van der Waals surface area (Å²) < 4.78 is 11.3. The molecule has 7 heteroatoms. The molecular formula is C30H31NO6. The molecule has 0 aromatic heterocycles. The first kappa shape index (κ1) is 25.8. The molecule has 1 fully saturated rings. The molecule has 2 N–H and O–H groups in total. The fourth-order valence-electron chi connectivity index (χ4n) is 4.34. The molecule has 1 unspecified atom stereocenters. The molecule has 0 aliphatic carbocycles. The number of Topliss-reactive ketones (excluding diaryl/α,β-unsaturated/α-hetero) is 1. The molecule has 3 aromatic rings. The van der Waals surface area contributed by atoms with Crippen LogP contribution in [0.3, 0.4) is 0 Å². The van der Waals surface area contributed by atoms with Gasteiger partial charge >= 0.3 is 0 Å². The van der Waals surface area contributed by atoms with Gasteiger partial charge in [0.05, 0.1) is 24.8 Å². The largest absolute Gasteiger partial charge is 0.508 e. The number of aliphatic hydroxyl groups is 1. The topological polar surface area (TPSA) is 96.3 Å². The van der Waals surface area contributed by atoms with Gasteiger partial charge in [0, 0.05) is 11.3 Å². The molecule has 7 nitrogen and oxygen atoms in total. The van der Waals surface area contributed by atoms with Gasteiger partial charge < -0.3 is 19.7 Å². The monoisotopic (exact) mass is 501 g/mol. The van der Waals surface area contributed by atoms with Crippen molar-refractivity contribution in [1.29, 1.82) is 0 Å². The summed E-state index contributed by atoms with van der Waals surface area (Å²) in [5.41, 5.74) is 2.07. The van der Waals surface area contributed by atoms with Gasteiger partial charge in [-0.05, 0) is 85.5 Å². The number of benzene rings is 3. The number of carbonyl (C=O) groups is 2. The molecule has 192 valence electrons. The number of hydrogen-bond acceptors (Lipinski definition) is 6. The second-order valence-electron chi connectivity index (χ2n) is 9.38. The van der Waals surface area contributed by atoms with E-state index in [0.29, 0.717) is 47.4 Å². The number of amides is 1. The third kappa shape index (κ3) is 5.31. The standard InChI is InChI=1S/C30H31NO6/c1-5-36-25-14-9-21(15-19(25)4)28(33)26-27(20-7-6-8-23(32)16-20)31(30(35)29(26)34)22-10-12-24(13-11-22)37-17-18(2)3/h6-16,18,27,32-33H,5,17H2,1-4H3/b28-26-. The summed E-state index contributed by atoms with van der Waals surface area (Å²) in [7, 11) is 0. The van der Waals surface area contributed by atoms with Crippen LogP contribution in [0.15, 0.2) is 72.3 Å². The number of aryl methyl sites for hydroxylation is 1. The van der Waals surface area contributed by atoms with Crippen molar-refractivity contribution >= 4 is 23.1 Å². The van der Waals surface area contributed by atoms with Crippen molar-refractivity contribution in [2.45, 2.75) is 33.7 Å².